The second-order valence-corrected chi connectivity index (χ2v) is 10.7. The summed E-state index contributed by atoms with van der Waals surface area (Å²) in [6.07, 6.45) is 0.814. The maximum Gasteiger partial charge on any atom is 0.320 e. The van der Waals surface area contributed by atoms with Crippen molar-refractivity contribution in [3.8, 4) is 11.1 Å². The van der Waals surface area contributed by atoms with Crippen LogP contribution in [0, 0.1) is 11.2 Å². The summed E-state index contributed by atoms with van der Waals surface area (Å²) in [5, 5.41) is 18.0. The number of hydrogen-bond acceptors (Lipinski definition) is 4. The third-order valence-electron chi connectivity index (χ3n) is 6.45. The zero-order valence-electron chi connectivity index (χ0n) is 22.7. The minimum absolute atomic E-state index is 0.297. The van der Waals surface area contributed by atoms with E-state index < -0.39 is 35.4 Å². The molecule has 0 heterocycles. The molecule has 0 aliphatic rings. The summed E-state index contributed by atoms with van der Waals surface area (Å²) in [5.41, 5.74) is 2.79. The average molecular weight is 534 g/mol. The molecule has 0 saturated carbocycles. The van der Waals surface area contributed by atoms with Crippen molar-refractivity contribution in [3.05, 3.63) is 90.2 Å². The quantitative estimate of drug-likeness (QED) is 0.277. The number of rotatable bonds is 11. The van der Waals surface area contributed by atoms with Crippen LogP contribution in [0.2, 0.25) is 0 Å². The van der Waals surface area contributed by atoms with Gasteiger partial charge in [0.1, 0.15) is 17.9 Å². The van der Waals surface area contributed by atoms with Crippen molar-refractivity contribution in [3.63, 3.8) is 0 Å². The number of para-hydroxylation sites is 1. The van der Waals surface area contributed by atoms with Gasteiger partial charge in [0.15, 0.2) is 0 Å². The van der Waals surface area contributed by atoms with Crippen LogP contribution in [0.1, 0.15) is 39.7 Å². The number of benzene rings is 3. The predicted molar refractivity (Wildman–Crippen MR) is 151 cm³/mol. The highest BCUT2D eigenvalue weighted by molar-refractivity contribution is 5.98. The van der Waals surface area contributed by atoms with Gasteiger partial charge in [-0.05, 0) is 66.1 Å². The molecule has 0 saturated heterocycles. The van der Waals surface area contributed by atoms with Crippen LogP contribution in [-0.2, 0) is 20.8 Å². The van der Waals surface area contributed by atoms with E-state index in [0.717, 1.165) is 16.7 Å². The second kappa shape index (κ2) is 13.2. The zero-order valence-corrected chi connectivity index (χ0v) is 22.7. The molecule has 39 heavy (non-hydrogen) atoms. The van der Waals surface area contributed by atoms with E-state index in [9.17, 15) is 23.9 Å². The fourth-order valence-corrected chi connectivity index (χ4v) is 4.13. The highest BCUT2D eigenvalue weighted by atomic mass is 19.1. The van der Waals surface area contributed by atoms with Crippen LogP contribution < -0.4 is 16.0 Å². The Hall–Kier alpha value is -4.04. The number of carboxylic acid groups (broad SMARTS) is 1. The van der Waals surface area contributed by atoms with Crippen molar-refractivity contribution >= 4 is 23.5 Å². The van der Waals surface area contributed by atoms with Crippen LogP contribution in [0.3, 0.4) is 0 Å². The van der Waals surface area contributed by atoms with E-state index in [0.29, 0.717) is 18.5 Å². The number of anilines is 1. The SMILES string of the molecule is C[C@@H](N[C@@H](CCc1ccc(-c2ccc(F)cc2)cc1)C(=O)N[C@H](C(=O)Nc1ccccc1)C(C)(C)C)C(=O)O. The van der Waals surface area contributed by atoms with Crippen molar-refractivity contribution in [2.75, 3.05) is 5.32 Å². The summed E-state index contributed by atoms with van der Waals surface area (Å²) in [6, 6.07) is 20.3. The molecule has 2 amide bonds. The van der Waals surface area contributed by atoms with E-state index >= 15 is 0 Å². The molecule has 3 rings (SSSR count). The fourth-order valence-electron chi connectivity index (χ4n) is 4.13. The molecule has 3 aromatic rings. The number of carbonyl (C=O) groups excluding carboxylic acids is 2. The molecule has 206 valence electrons. The zero-order chi connectivity index (χ0) is 28.6. The third-order valence-corrected chi connectivity index (χ3v) is 6.45. The Labute approximate surface area is 228 Å². The number of aliphatic carboxylic acids is 1. The number of halogens is 1. The van der Waals surface area contributed by atoms with Crippen molar-refractivity contribution in [2.45, 2.75) is 58.7 Å². The second-order valence-electron chi connectivity index (χ2n) is 10.7. The summed E-state index contributed by atoms with van der Waals surface area (Å²) in [6.45, 7) is 7.04. The van der Waals surface area contributed by atoms with Crippen molar-refractivity contribution < 1.29 is 23.9 Å². The van der Waals surface area contributed by atoms with Gasteiger partial charge in [0.05, 0.1) is 6.04 Å². The van der Waals surface area contributed by atoms with Crippen molar-refractivity contribution in [1.29, 1.82) is 0 Å². The van der Waals surface area contributed by atoms with Gasteiger partial charge < -0.3 is 15.7 Å². The van der Waals surface area contributed by atoms with Crippen LogP contribution in [0.4, 0.5) is 10.1 Å². The van der Waals surface area contributed by atoms with Crippen LogP contribution in [0.5, 0.6) is 0 Å². The molecule has 0 aliphatic carbocycles. The monoisotopic (exact) mass is 533 g/mol. The number of hydrogen-bond donors (Lipinski definition) is 4. The first-order valence-corrected chi connectivity index (χ1v) is 12.9. The average Bonchev–Trinajstić information content (AvgIpc) is 2.90. The summed E-state index contributed by atoms with van der Waals surface area (Å²) < 4.78 is 13.2. The molecule has 8 heteroatoms. The van der Waals surface area contributed by atoms with Gasteiger partial charge in [-0.2, -0.15) is 0 Å². The van der Waals surface area contributed by atoms with Crippen molar-refractivity contribution in [1.82, 2.24) is 10.6 Å². The Kier molecular flexibility index (Phi) is 9.95. The van der Waals surface area contributed by atoms with Crippen LogP contribution in [-0.4, -0.2) is 41.0 Å². The standard InChI is InChI=1S/C31H36FN3O4/c1-20(30(38)39)33-26(19-12-21-10-13-22(14-11-21)23-15-17-24(32)18-16-23)28(36)35-27(31(2,3)4)29(37)34-25-8-6-5-7-9-25/h5-11,13-18,20,26-27,33H,12,19H2,1-4H3,(H,34,37)(H,35,36)(H,38,39)/t20-,26+,27-/m1/s1. The molecular weight excluding hydrogens is 497 g/mol. The summed E-state index contributed by atoms with van der Waals surface area (Å²) in [4.78, 5) is 38.1. The minimum Gasteiger partial charge on any atom is -0.480 e. The van der Waals surface area contributed by atoms with E-state index in [1.54, 1.807) is 36.4 Å². The van der Waals surface area contributed by atoms with Crippen molar-refractivity contribution in [2.24, 2.45) is 5.41 Å². The lowest BCUT2D eigenvalue weighted by atomic mass is 9.85. The summed E-state index contributed by atoms with van der Waals surface area (Å²) >= 11 is 0. The van der Waals surface area contributed by atoms with E-state index in [4.69, 9.17) is 0 Å². The molecule has 0 spiro atoms. The lowest BCUT2D eigenvalue weighted by Gasteiger charge is -2.32. The number of aryl methyl sites for hydroxylation is 1. The predicted octanol–water partition coefficient (Wildman–Crippen LogP) is 5.03. The molecule has 0 radical (unpaired) electrons. The van der Waals surface area contributed by atoms with E-state index in [-0.39, 0.29) is 11.7 Å². The number of carboxylic acids is 1. The maximum absolute atomic E-state index is 13.4. The maximum atomic E-state index is 13.4. The smallest absolute Gasteiger partial charge is 0.320 e. The Balaban J connectivity index is 1.72. The van der Waals surface area contributed by atoms with E-state index in [1.165, 1.54) is 19.1 Å². The molecule has 3 aromatic carbocycles. The highest BCUT2D eigenvalue weighted by Crippen LogP contribution is 2.23. The van der Waals surface area contributed by atoms with Gasteiger partial charge in [-0.15, -0.1) is 0 Å². The van der Waals surface area contributed by atoms with Gasteiger partial charge in [-0.1, -0.05) is 75.4 Å². The van der Waals surface area contributed by atoms with Gasteiger partial charge >= 0.3 is 5.97 Å². The van der Waals surface area contributed by atoms with Gasteiger partial charge in [0.25, 0.3) is 0 Å². The van der Waals surface area contributed by atoms with Crippen LogP contribution in [0.15, 0.2) is 78.9 Å². The Morgan fingerprint density at radius 3 is 1.95 bits per heavy atom. The Bertz CT molecular complexity index is 1260. The molecule has 0 fully saturated rings. The lowest BCUT2D eigenvalue weighted by Crippen LogP contribution is -2.57. The number of carbonyl (C=O) groups is 3. The largest absolute Gasteiger partial charge is 0.480 e. The van der Waals surface area contributed by atoms with E-state index in [2.05, 4.69) is 16.0 Å². The fraction of sp³-hybridized carbons (Fsp3) is 0.323. The summed E-state index contributed by atoms with van der Waals surface area (Å²) in [5.74, 6) is -2.18. The molecule has 4 N–H and O–H groups in total. The molecular formula is C31H36FN3O4. The van der Waals surface area contributed by atoms with Gasteiger partial charge in [0, 0.05) is 5.69 Å². The molecule has 0 aliphatic heterocycles. The lowest BCUT2D eigenvalue weighted by molar-refractivity contribution is -0.139. The topological polar surface area (TPSA) is 108 Å². The molecule has 3 atom stereocenters. The van der Waals surface area contributed by atoms with Gasteiger partial charge in [-0.3, -0.25) is 19.7 Å². The molecule has 0 aromatic heterocycles. The first kappa shape index (κ1) is 29.5. The first-order chi connectivity index (χ1) is 18.4. The van der Waals surface area contributed by atoms with Gasteiger partial charge in [0.2, 0.25) is 11.8 Å². The normalized spacial score (nSPS) is 13.7. The molecule has 0 bridgehead atoms. The van der Waals surface area contributed by atoms with E-state index in [1.807, 2.05) is 51.1 Å². The first-order valence-electron chi connectivity index (χ1n) is 12.9. The Morgan fingerprint density at radius 1 is 0.846 bits per heavy atom. The third kappa shape index (κ3) is 8.75. The minimum atomic E-state index is -1.08. The van der Waals surface area contributed by atoms with Crippen LogP contribution in [0.25, 0.3) is 11.1 Å². The van der Waals surface area contributed by atoms with Gasteiger partial charge in [-0.25, -0.2) is 4.39 Å². The number of amides is 2. The number of nitrogens with one attached hydrogen (secondary N) is 3. The Morgan fingerprint density at radius 2 is 1.41 bits per heavy atom. The summed E-state index contributed by atoms with van der Waals surface area (Å²) in [7, 11) is 0. The molecule has 7 nitrogen and oxygen atoms in total. The molecule has 0 unspecified atom stereocenters. The van der Waals surface area contributed by atoms with Crippen LogP contribution >= 0.6 is 0 Å². The highest BCUT2D eigenvalue weighted by Gasteiger charge is 2.35.